The van der Waals surface area contributed by atoms with Crippen molar-refractivity contribution >= 4 is 23.0 Å². The van der Waals surface area contributed by atoms with E-state index >= 15 is 0 Å². The molecule has 1 N–H and O–H groups in total. The highest BCUT2D eigenvalue weighted by atomic mass is 19.1. The lowest BCUT2D eigenvalue weighted by Crippen LogP contribution is -2.18. The van der Waals surface area contributed by atoms with Gasteiger partial charge in [-0.15, -0.1) is 0 Å². The van der Waals surface area contributed by atoms with Gasteiger partial charge in [0.25, 0.3) is 5.91 Å². The first kappa shape index (κ1) is 17.5. The number of carbonyl (C=O) groups excluding carboxylic acids is 1. The molecule has 0 fully saturated rings. The monoisotopic (exact) mass is 370 g/mol. The van der Waals surface area contributed by atoms with Crippen molar-refractivity contribution in [2.75, 3.05) is 0 Å². The van der Waals surface area contributed by atoms with E-state index in [0.717, 1.165) is 11.1 Å². The summed E-state index contributed by atoms with van der Waals surface area (Å²) in [7, 11) is 0. The summed E-state index contributed by atoms with van der Waals surface area (Å²) in [4.78, 5) is 21.3. The molecule has 0 aliphatic heterocycles. The van der Waals surface area contributed by atoms with Gasteiger partial charge in [-0.05, 0) is 42.5 Å². The van der Waals surface area contributed by atoms with Crippen molar-refractivity contribution in [1.29, 1.82) is 0 Å². The Balaban J connectivity index is 1.69. The predicted molar refractivity (Wildman–Crippen MR) is 106 cm³/mol. The topological polar surface area (TPSA) is 67.2 Å². The van der Waals surface area contributed by atoms with Crippen LogP contribution in [-0.2, 0) is 0 Å². The Hall–Kier alpha value is -3.93. The van der Waals surface area contributed by atoms with Gasteiger partial charge in [-0.25, -0.2) is 14.8 Å². The maximum absolute atomic E-state index is 13.2. The van der Waals surface area contributed by atoms with E-state index in [9.17, 15) is 9.18 Å². The summed E-state index contributed by atoms with van der Waals surface area (Å²) in [5, 5.41) is 4.71. The SMILES string of the molecule is O=C(NN=Cc1cccnc1)c1cc(-c2ccc(F)cc2)nc2ccccc12. The lowest BCUT2D eigenvalue weighted by Gasteiger charge is -2.09. The third-order valence-corrected chi connectivity index (χ3v) is 4.16. The van der Waals surface area contributed by atoms with Gasteiger partial charge >= 0.3 is 0 Å². The van der Waals surface area contributed by atoms with Crippen LogP contribution in [0, 0.1) is 5.82 Å². The largest absolute Gasteiger partial charge is 0.272 e. The van der Waals surface area contributed by atoms with Gasteiger partial charge in [0.15, 0.2) is 0 Å². The molecule has 0 unspecified atom stereocenters. The average Bonchev–Trinajstić information content (AvgIpc) is 2.74. The van der Waals surface area contributed by atoms with Crippen LogP contribution in [0.1, 0.15) is 15.9 Å². The highest BCUT2D eigenvalue weighted by Crippen LogP contribution is 2.25. The van der Waals surface area contributed by atoms with Gasteiger partial charge in [-0.3, -0.25) is 9.78 Å². The third-order valence-electron chi connectivity index (χ3n) is 4.16. The van der Waals surface area contributed by atoms with Crippen molar-refractivity contribution < 1.29 is 9.18 Å². The zero-order chi connectivity index (χ0) is 19.3. The Labute approximate surface area is 160 Å². The zero-order valence-electron chi connectivity index (χ0n) is 14.7. The van der Waals surface area contributed by atoms with Gasteiger partial charge in [-0.1, -0.05) is 24.3 Å². The minimum Gasteiger partial charge on any atom is -0.267 e. The smallest absolute Gasteiger partial charge is 0.267 e. The maximum Gasteiger partial charge on any atom is 0.272 e. The van der Waals surface area contributed by atoms with Crippen LogP contribution in [0.25, 0.3) is 22.2 Å². The molecule has 0 radical (unpaired) electrons. The fourth-order valence-electron chi connectivity index (χ4n) is 2.81. The quantitative estimate of drug-likeness (QED) is 0.432. The fraction of sp³-hybridized carbons (Fsp3) is 0. The third kappa shape index (κ3) is 3.76. The highest BCUT2D eigenvalue weighted by Gasteiger charge is 2.13. The molecule has 136 valence electrons. The molecule has 0 atom stereocenters. The molecule has 0 spiro atoms. The molecule has 2 aromatic heterocycles. The molecular weight excluding hydrogens is 355 g/mol. The van der Waals surface area contributed by atoms with E-state index in [1.54, 1.807) is 36.7 Å². The normalized spacial score (nSPS) is 11.0. The molecular formula is C22H15FN4O. The molecule has 1 amide bonds. The molecule has 4 rings (SSSR count). The molecule has 0 saturated carbocycles. The van der Waals surface area contributed by atoms with Crippen molar-refractivity contribution in [3.8, 4) is 11.3 Å². The van der Waals surface area contributed by atoms with Gasteiger partial charge in [0.2, 0.25) is 0 Å². The van der Waals surface area contributed by atoms with Crippen LogP contribution in [0.4, 0.5) is 4.39 Å². The summed E-state index contributed by atoms with van der Waals surface area (Å²) < 4.78 is 13.2. The first-order valence-corrected chi connectivity index (χ1v) is 8.60. The van der Waals surface area contributed by atoms with Gasteiger partial charge in [0, 0.05) is 28.9 Å². The Morgan fingerprint density at radius 3 is 2.64 bits per heavy atom. The Morgan fingerprint density at radius 1 is 1.04 bits per heavy atom. The Kier molecular flexibility index (Phi) is 4.84. The summed E-state index contributed by atoms with van der Waals surface area (Å²) in [6.07, 6.45) is 4.83. The van der Waals surface area contributed by atoms with Crippen LogP contribution in [0.3, 0.4) is 0 Å². The minimum absolute atomic E-state index is 0.327. The first-order chi connectivity index (χ1) is 13.7. The standard InChI is InChI=1S/C22H15FN4O/c23-17-9-7-16(8-10-17)21-12-19(18-5-1-2-6-20(18)26-21)22(28)27-25-14-15-4-3-11-24-13-15/h1-14H,(H,27,28). The van der Waals surface area contributed by atoms with Gasteiger partial charge < -0.3 is 0 Å². The predicted octanol–water partition coefficient (Wildman–Crippen LogP) is 4.20. The molecule has 0 aliphatic rings. The van der Waals surface area contributed by atoms with E-state index in [2.05, 4.69) is 20.5 Å². The fourth-order valence-corrected chi connectivity index (χ4v) is 2.81. The van der Waals surface area contributed by atoms with Crippen molar-refractivity contribution in [2.45, 2.75) is 0 Å². The second kappa shape index (κ2) is 7.75. The summed E-state index contributed by atoms with van der Waals surface area (Å²) in [5.74, 6) is -0.686. The number of para-hydroxylation sites is 1. The number of hydrazone groups is 1. The molecule has 5 nitrogen and oxygen atoms in total. The van der Waals surface area contributed by atoms with Crippen LogP contribution in [0.15, 0.2) is 84.2 Å². The van der Waals surface area contributed by atoms with Crippen molar-refractivity contribution in [1.82, 2.24) is 15.4 Å². The lowest BCUT2D eigenvalue weighted by atomic mass is 10.0. The first-order valence-electron chi connectivity index (χ1n) is 8.60. The zero-order valence-corrected chi connectivity index (χ0v) is 14.7. The highest BCUT2D eigenvalue weighted by molar-refractivity contribution is 6.07. The second-order valence-corrected chi connectivity index (χ2v) is 6.06. The van der Waals surface area contributed by atoms with Crippen LogP contribution in [-0.4, -0.2) is 22.1 Å². The lowest BCUT2D eigenvalue weighted by molar-refractivity contribution is 0.0956. The van der Waals surface area contributed by atoms with E-state index in [4.69, 9.17) is 0 Å². The molecule has 0 bridgehead atoms. The van der Waals surface area contributed by atoms with Crippen molar-refractivity contribution in [2.24, 2.45) is 5.10 Å². The molecule has 2 heterocycles. The number of amides is 1. The van der Waals surface area contributed by atoms with Gasteiger partial charge in [-0.2, -0.15) is 5.10 Å². The summed E-state index contributed by atoms with van der Waals surface area (Å²) in [6.45, 7) is 0. The van der Waals surface area contributed by atoms with Crippen LogP contribution >= 0.6 is 0 Å². The Morgan fingerprint density at radius 2 is 1.86 bits per heavy atom. The summed E-state index contributed by atoms with van der Waals surface area (Å²) in [6, 6.07) is 18.7. The van der Waals surface area contributed by atoms with Crippen LogP contribution in [0.5, 0.6) is 0 Å². The molecule has 4 aromatic rings. The molecule has 6 heteroatoms. The number of halogens is 1. The average molecular weight is 370 g/mol. The van der Waals surface area contributed by atoms with E-state index in [-0.39, 0.29) is 11.7 Å². The maximum atomic E-state index is 13.2. The van der Waals surface area contributed by atoms with Gasteiger partial charge in [0.05, 0.1) is 23.0 Å². The minimum atomic E-state index is -0.359. The van der Waals surface area contributed by atoms with E-state index in [1.807, 2.05) is 30.3 Å². The Bertz CT molecular complexity index is 1160. The second-order valence-electron chi connectivity index (χ2n) is 6.06. The number of hydrogen-bond acceptors (Lipinski definition) is 4. The van der Waals surface area contributed by atoms with Crippen LogP contribution < -0.4 is 5.43 Å². The van der Waals surface area contributed by atoms with Crippen LogP contribution in [0.2, 0.25) is 0 Å². The number of nitrogens with one attached hydrogen (secondary N) is 1. The van der Waals surface area contributed by atoms with E-state index in [0.29, 0.717) is 22.2 Å². The number of rotatable bonds is 4. The molecule has 0 aliphatic carbocycles. The van der Waals surface area contributed by atoms with Gasteiger partial charge in [0.1, 0.15) is 5.82 Å². The van der Waals surface area contributed by atoms with E-state index < -0.39 is 0 Å². The molecule has 2 aromatic carbocycles. The molecule has 28 heavy (non-hydrogen) atoms. The number of pyridine rings is 2. The summed E-state index contributed by atoms with van der Waals surface area (Å²) in [5.41, 5.74) is 5.73. The molecule has 0 saturated heterocycles. The number of hydrogen-bond donors (Lipinski definition) is 1. The number of fused-ring (bicyclic) bond motifs is 1. The number of benzene rings is 2. The number of carbonyl (C=O) groups is 1. The number of aromatic nitrogens is 2. The number of nitrogens with zero attached hydrogens (tertiary/aromatic N) is 3. The van der Waals surface area contributed by atoms with E-state index in [1.165, 1.54) is 18.3 Å². The van der Waals surface area contributed by atoms with Crippen molar-refractivity contribution in [3.05, 3.63) is 96.1 Å². The summed E-state index contributed by atoms with van der Waals surface area (Å²) >= 11 is 0. The van der Waals surface area contributed by atoms with Crippen molar-refractivity contribution in [3.63, 3.8) is 0 Å².